The molecule has 2 atom stereocenters. The number of fused-ring (bicyclic) bond motifs is 1. The highest BCUT2D eigenvalue weighted by molar-refractivity contribution is 5.78. The van der Waals surface area contributed by atoms with E-state index in [0.717, 1.165) is 29.7 Å². The van der Waals surface area contributed by atoms with E-state index in [4.69, 9.17) is 9.15 Å². The fourth-order valence-corrected chi connectivity index (χ4v) is 2.81. The summed E-state index contributed by atoms with van der Waals surface area (Å²) in [5.41, 5.74) is 2.19. The third-order valence-electron chi connectivity index (χ3n) is 3.87. The van der Waals surface area contributed by atoms with E-state index in [1.54, 1.807) is 7.11 Å². The molecular formula is C18H27NO2. The predicted octanol–water partition coefficient (Wildman–Crippen LogP) is 4.45. The van der Waals surface area contributed by atoms with Gasteiger partial charge < -0.3 is 14.5 Å². The van der Waals surface area contributed by atoms with E-state index in [2.05, 4.69) is 51.2 Å². The maximum Gasteiger partial charge on any atom is 0.134 e. The minimum atomic E-state index is 0.0858. The maximum absolute atomic E-state index is 6.07. The van der Waals surface area contributed by atoms with E-state index in [9.17, 15) is 0 Å². The Labute approximate surface area is 127 Å². The van der Waals surface area contributed by atoms with Crippen molar-refractivity contribution in [2.24, 2.45) is 5.92 Å². The van der Waals surface area contributed by atoms with Crippen molar-refractivity contribution in [2.45, 2.75) is 46.3 Å². The number of furan rings is 1. The molecule has 3 heteroatoms. The number of nitrogens with one attached hydrogen (secondary N) is 1. The molecule has 0 radical (unpaired) electrons. The van der Waals surface area contributed by atoms with Crippen LogP contribution in [0, 0.1) is 12.8 Å². The third kappa shape index (κ3) is 3.66. The Bertz CT molecular complexity index is 574. The second-order valence-electron chi connectivity index (χ2n) is 6.07. The van der Waals surface area contributed by atoms with E-state index in [-0.39, 0.29) is 12.1 Å². The summed E-state index contributed by atoms with van der Waals surface area (Å²) in [6, 6.07) is 8.52. The molecule has 3 nitrogen and oxygen atoms in total. The van der Waals surface area contributed by atoms with E-state index >= 15 is 0 Å². The lowest BCUT2D eigenvalue weighted by Gasteiger charge is -2.28. The van der Waals surface area contributed by atoms with Gasteiger partial charge >= 0.3 is 0 Å². The van der Waals surface area contributed by atoms with Crippen LogP contribution >= 0.6 is 0 Å². The molecule has 0 bridgehead atoms. The summed E-state index contributed by atoms with van der Waals surface area (Å²) in [7, 11) is 1.78. The molecule has 0 aliphatic rings. The second-order valence-corrected chi connectivity index (χ2v) is 6.07. The zero-order valence-electron chi connectivity index (χ0n) is 13.8. The molecule has 0 amide bonds. The van der Waals surface area contributed by atoms with Crippen LogP contribution in [0.3, 0.4) is 0 Å². The van der Waals surface area contributed by atoms with Crippen molar-refractivity contribution in [3.8, 4) is 0 Å². The quantitative estimate of drug-likeness (QED) is 0.817. The molecule has 116 valence electrons. The lowest BCUT2D eigenvalue weighted by molar-refractivity contribution is 0.0269. The molecule has 1 N–H and O–H groups in total. The Kier molecular flexibility index (Phi) is 5.43. The van der Waals surface area contributed by atoms with E-state index in [0.29, 0.717) is 5.92 Å². The average Bonchev–Trinajstić information content (AvgIpc) is 2.85. The van der Waals surface area contributed by atoms with Crippen molar-refractivity contribution in [2.75, 3.05) is 13.7 Å². The van der Waals surface area contributed by atoms with Gasteiger partial charge in [0.2, 0.25) is 0 Å². The van der Waals surface area contributed by atoms with Gasteiger partial charge in [0.1, 0.15) is 11.3 Å². The Balaban J connectivity index is 2.37. The Morgan fingerprint density at radius 1 is 1.24 bits per heavy atom. The van der Waals surface area contributed by atoms with Gasteiger partial charge in [0.05, 0.1) is 12.1 Å². The fraction of sp³-hybridized carbons (Fsp3) is 0.556. The summed E-state index contributed by atoms with van der Waals surface area (Å²) < 4.78 is 11.8. The lowest BCUT2D eigenvalue weighted by atomic mass is 9.97. The van der Waals surface area contributed by atoms with Crippen LogP contribution < -0.4 is 5.32 Å². The van der Waals surface area contributed by atoms with Crippen LogP contribution in [0.5, 0.6) is 0 Å². The van der Waals surface area contributed by atoms with Crippen LogP contribution in [0.1, 0.15) is 44.6 Å². The number of hydrogen-bond acceptors (Lipinski definition) is 3. The number of methoxy groups -OCH3 is 1. The zero-order chi connectivity index (χ0) is 15.4. The van der Waals surface area contributed by atoms with Crippen molar-refractivity contribution >= 4 is 11.0 Å². The zero-order valence-corrected chi connectivity index (χ0v) is 13.8. The van der Waals surface area contributed by atoms with Gasteiger partial charge in [-0.2, -0.15) is 0 Å². The minimum absolute atomic E-state index is 0.0858. The minimum Gasteiger partial charge on any atom is -0.459 e. The third-order valence-corrected chi connectivity index (χ3v) is 3.87. The second kappa shape index (κ2) is 7.10. The van der Waals surface area contributed by atoms with Crippen molar-refractivity contribution in [3.63, 3.8) is 0 Å². The molecule has 0 aliphatic heterocycles. The van der Waals surface area contributed by atoms with Crippen molar-refractivity contribution in [1.29, 1.82) is 0 Å². The standard InChI is InChI=1S/C18H27NO2/c1-6-9-19-17(18(20-5)12(2)3)16-11-14-10-13(4)7-8-15(14)21-16/h7-8,10-12,17-19H,6,9H2,1-5H3. The highest BCUT2D eigenvalue weighted by atomic mass is 16.5. The SMILES string of the molecule is CCCNC(c1cc2cc(C)ccc2o1)C(OC)C(C)C. The average molecular weight is 289 g/mol. The van der Waals surface area contributed by atoms with Crippen LogP contribution in [0.15, 0.2) is 28.7 Å². The van der Waals surface area contributed by atoms with Crippen LogP contribution in [0.2, 0.25) is 0 Å². The van der Waals surface area contributed by atoms with Gasteiger partial charge in [-0.3, -0.25) is 0 Å². The fourth-order valence-electron chi connectivity index (χ4n) is 2.81. The number of benzene rings is 1. The van der Waals surface area contributed by atoms with Crippen molar-refractivity contribution in [3.05, 3.63) is 35.6 Å². The molecule has 1 heterocycles. The van der Waals surface area contributed by atoms with Crippen LogP contribution in [0.4, 0.5) is 0 Å². The van der Waals surface area contributed by atoms with Gasteiger partial charge in [0.15, 0.2) is 0 Å². The molecule has 2 rings (SSSR count). The number of aryl methyl sites for hydroxylation is 1. The highest BCUT2D eigenvalue weighted by Crippen LogP contribution is 2.30. The lowest BCUT2D eigenvalue weighted by Crippen LogP contribution is -2.36. The number of rotatable bonds is 7. The Morgan fingerprint density at radius 2 is 2.00 bits per heavy atom. The summed E-state index contributed by atoms with van der Waals surface area (Å²) in [6.07, 6.45) is 1.18. The van der Waals surface area contributed by atoms with Gasteiger partial charge in [-0.25, -0.2) is 0 Å². The van der Waals surface area contributed by atoms with E-state index in [1.807, 2.05) is 6.07 Å². The van der Waals surface area contributed by atoms with Gasteiger partial charge in [0, 0.05) is 12.5 Å². The first-order valence-corrected chi connectivity index (χ1v) is 7.83. The number of ether oxygens (including phenoxy) is 1. The first-order chi connectivity index (χ1) is 10.1. The monoisotopic (exact) mass is 289 g/mol. The number of hydrogen-bond donors (Lipinski definition) is 1. The van der Waals surface area contributed by atoms with Gasteiger partial charge in [0.25, 0.3) is 0 Å². The summed E-state index contributed by atoms with van der Waals surface area (Å²) in [5.74, 6) is 1.38. The van der Waals surface area contributed by atoms with E-state index in [1.165, 1.54) is 5.56 Å². The largest absolute Gasteiger partial charge is 0.459 e. The van der Waals surface area contributed by atoms with Gasteiger partial charge in [-0.15, -0.1) is 0 Å². The summed E-state index contributed by atoms with van der Waals surface area (Å²) in [4.78, 5) is 0. The molecule has 1 aromatic heterocycles. The Hall–Kier alpha value is -1.32. The molecule has 0 fully saturated rings. The molecule has 2 unspecified atom stereocenters. The summed E-state index contributed by atoms with van der Waals surface area (Å²) in [6.45, 7) is 9.59. The molecule has 0 saturated heterocycles. The van der Waals surface area contributed by atoms with Crippen LogP contribution in [0.25, 0.3) is 11.0 Å². The van der Waals surface area contributed by atoms with Crippen LogP contribution in [-0.4, -0.2) is 19.8 Å². The summed E-state index contributed by atoms with van der Waals surface area (Å²) in [5, 5.41) is 4.73. The Morgan fingerprint density at radius 3 is 2.62 bits per heavy atom. The first kappa shape index (κ1) is 16.1. The van der Waals surface area contributed by atoms with Gasteiger partial charge in [-0.05, 0) is 44.0 Å². The van der Waals surface area contributed by atoms with Crippen molar-refractivity contribution < 1.29 is 9.15 Å². The summed E-state index contributed by atoms with van der Waals surface area (Å²) >= 11 is 0. The van der Waals surface area contributed by atoms with E-state index < -0.39 is 0 Å². The first-order valence-electron chi connectivity index (χ1n) is 7.83. The predicted molar refractivity (Wildman–Crippen MR) is 87.6 cm³/mol. The molecule has 0 aliphatic carbocycles. The molecule has 21 heavy (non-hydrogen) atoms. The molecule has 0 spiro atoms. The topological polar surface area (TPSA) is 34.4 Å². The molecule has 1 aromatic carbocycles. The van der Waals surface area contributed by atoms with Crippen molar-refractivity contribution in [1.82, 2.24) is 5.32 Å². The molecule has 2 aromatic rings. The highest BCUT2D eigenvalue weighted by Gasteiger charge is 2.28. The molecular weight excluding hydrogens is 262 g/mol. The van der Waals surface area contributed by atoms with Gasteiger partial charge in [-0.1, -0.05) is 32.4 Å². The normalized spacial score (nSPS) is 14.8. The molecule has 0 saturated carbocycles. The van der Waals surface area contributed by atoms with Crippen LogP contribution in [-0.2, 0) is 4.74 Å². The maximum atomic E-state index is 6.07. The smallest absolute Gasteiger partial charge is 0.134 e.